The van der Waals surface area contributed by atoms with Gasteiger partial charge in [0.2, 0.25) is 11.8 Å². The fourth-order valence-electron chi connectivity index (χ4n) is 4.63. The molecule has 0 unspecified atom stereocenters. The molecule has 0 saturated carbocycles. The summed E-state index contributed by atoms with van der Waals surface area (Å²) in [4.78, 5) is 31.6. The Morgan fingerprint density at radius 2 is 1.59 bits per heavy atom. The number of benzene rings is 3. The van der Waals surface area contributed by atoms with Crippen LogP contribution in [0.15, 0.2) is 72.8 Å². The Labute approximate surface area is 216 Å². The number of anilines is 2. The van der Waals surface area contributed by atoms with E-state index in [0.29, 0.717) is 38.4 Å². The number of halogens is 2. The van der Waals surface area contributed by atoms with Gasteiger partial charge in [-0.1, -0.05) is 36.4 Å². The molecule has 2 amide bonds. The van der Waals surface area contributed by atoms with Crippen LogP contribution in [0.3, 0.4) is 0 Å². The third-order valence-electron chi connectivity index (χ3n) is 6.44. The molecule has 0 aromatic heterocycles. The maximum absolute atomic E-state index is 13.6. The predicted octanol–water partition coefficient (Wildman–Crippen LogP) is 4.66. The van der Waals surface area contributed by atoms with E-state index in [1.54, 1.807) is 36.1 Å². The van der Waals surface area contributed by atoms with Gasteiger partial charge in [-0.05, 0) is 53.9 Å². The molecule has 1 aliphatic heterocycles. The maximum atomic E-state index is 13.6. The highest BCUT2D eigenvalue weighted by Gasteiger charge is 2.21. The Kier molecular flexibility index (Phi) is 8.98. The second-order valence-corrected chi connectivity index (χ2v) is 9.32. The van der Waals surface area contributed by atoms with E-state index in [2.05, 4.69) is 10.2 Å². The zero-order valence-electron chi connectivity index (χ0n) is 21.0. The molecule has 1 heterocycles. The molecule has 0 aliphatic carbocycles. The van der Waals surface area contributed by atoms with Crippen molar-refractivity contribution in [1.82, 2.24) is 9.80 Å². The van der Waals surface area contributed by atoms with Crippen LogP contribution >= 0.6 is 0 Å². The number of carbonyl (C=O) groups is 2. The highest BCUT2D eigenvalue weighted by Crippen LogP contribution is 2.24. The minimum absolute atomic E-state index is 0.0350. The molecule has 0 saturated heterocycles. The molecule has 0 fully saturated rings. The van der Waals surface area contributed by atoms with E-state index in [0.717, 1.165) is 29.8 Å². The van der Waals surface area contributed by atoms with Gasteiger partial charge in [-0.25, -0.2) is 8.78 Å². The van der Waals surface area contributed by atoms with E-state index >= 15 is 0 Å². The number of nitrogens with zero attached hydrogens (tertiary/aromatic N) is 3. The van der Waals surface area contributed by atoms with Crippen LogP contribution in [0.25, 0.3) is 0 Å². The molecule has 0 radical (unpaired) electrons. The Balaban J connectivity index is 1.56. The van der Waals surface area contributed by atoms with Crippen LogP contribution in [0.4, 0.5) is 20.2 Å². The lowest BCUT2D eigenvalue weighted by atomic mass is 10.1. The predicted molar refractivity (Wildman–Crippen MR) is 141 cm³/mol. The summed E-state index contributed by atoms with van der Waals surface area (Å²) < 4.78 is 27.0. The summed E-state index contributed by atoms with van der Waals surface area (Å²) in [5, 5.41) is 2.78. The summed E-state index contributed by atoms with van der Waals surface area (Å²) in [6, 6.07) is 20.1. The zero-order valence-corrected chi connectivity index (χ0v) is 21.0. The summed E-state index contributed by atoms with van der Waals surface area (Å²) in [5.41, 5.74) is 3.21. The van der Waals surface area contributed by atoms with Crippen LogP contribution in [0, 0.1) is 11.6 Å². The van der Waals surface area contributed by atoms with Gasteiger partial charge in [-0.3, -0.25) is 19.4 Å². The van der Waals surface area contributed by atoms with Crippen molar-refractivity contribution < 1.29 is 18.4 Å². The number of para-hydroxylation sites is 1. The minimum Gasteiger partial charge on any atom is -0.325 e. The summed E-state index contributed by atoms with van der Waals surface area (Å²) in [5.74, 6) is -0.965. The van der Waals surface area contributed by atoms with E-state index in [1.807, 2.05) is 29.2 Å². The average molecular weight is 507 g/mol. The van der Waals surface area contributed by atoms with Crippen LogP contribution < -0.4 is 10.2 Å². The maximum Gasteiger partial charge on any atom is 0.238 e. The van der Waals surface area contributed by atoms with Gasteiger partial charge in [0.15, 0.2) is 0 Å². The third-order valence-corrected chi connectivity index (χ3v) is 6.44. The van der Waals surface area contributed by atoms with E-state index in [-0.39, 0.29) is 24.2 Å². The molecular formula is C29H32F2N4O2. The number of amides is 2. The van der Waals surface area contributed by atoms with Crippen molar-refractivity contribution in [3.63, 3.8) is 0 Å². The van der Waals surface area contributed by atoms with E-state index < -0.39 is 5.82 Å². The summed E-state index contributed by atoms with van der Waals surface area (Å²) in [6.45, 7) is 5.39. The molecule has 0 spiro atoms. The second kappa shape index (κ2) is 12.6. The lowest BCUT2D eigenvalue weighted by Crippen LogP contribution is -2.39. The first-order valence-corrected chi connectivity index (χ1v) is 12.5. The number of carbonyl (C=O) groups excluding carboxylic acids is 2. The van der Waals surface area contributed by atoms with Crippen LogP contribution in [-0.2, 0) is 22.7 Å². The molecule has 3 aromatic rings. The van der Waals surface area contributed by atoms with Gasteiger partial charge in [-0.15, -0.1) is 0 Å². The molecule has 0 atom stereocenters. The van der Waals surface area contributed by atoms with Crippen molar-refractivity contribution >= 4 is 23.2 Å². The molecule has 37 heavy (non-hydrogen) atoms. The van der Waals surface area contributed by atoms with Crippen LogP contribution in [0.1, 0.15) is 24.5 Å². The Bertz CT molecular complexity index is 1220. The van der Waals surface area contributed by atoms with Gasteiger partial charge in [0.25, 0.3) is 0 Å². The fraction of sp³-hybridized carbons (Fsp3) is 0.310. The van der Waals surface area contributed by atoms with Gasteiger partial charge in [0.1, 0.15) is 11.6 Å². The smallest absolute Gasteiger partial charge is 0.238 e. The van der Waals surface area contributed by atoms with Gasteiger partial charge in [0, 0.05) is 57.6 Å². The molecule has 4 rings (SSSR count). The molecule has 1 aliphatic rings. The van der Waals surface area contributed by atoms with Crippen LogP contribution in [0.2, 0.25) is 0 Å². The van der Waals surface area contributed by atoms with Crippen LogP contribution in [0.5, 0.6) is 0 Å². The Morgan fingerprint density at radius 1 is 0.838 bits per heavy atom. The molecule has 1 N–H and O–H groups in total. The highest BCUT2D eigenvalue weighted by atomic mass is 19.1. The molecule has 3 aromatic carbocycles. The standard InChI is InChI=1S/C29H32F2N4O2/c1-22(36)35-15-5-14-33(19-23-10-12-25(30)13-11-23)16-17-34(20-24-6-2-3-9-28(24)35)21-29(37)32-27-8-4-7-26(31)18-27/h2-4,6-13,18H,5,14-17,19-21H2,1H3,(H,32,37). The van der Waals surface area contributed by atoms with Gasteiger partial charge >= 0.3 is 0 Å². The number of hydrogen-bond acceptors (Lipinski definition) is 4. The van der Waals surface area contributed by atoms with E-state index in [9.17, 15) is 18.4 Å². The molecular weight excluding hydrogens is 474 g/mol. The quantitative estimate of drug-likeness (QED) is 0.547. The van der Waals surface area contributed by atoms with Crippen LogP contribution in [-0.4, -0.2) is 54.3 Å². The van der Waals surface area contributed by atoms with Gasteiger partial charge < -0.3 is 10.2 Å². The second-order valence-electron chi connectivity index (χ2n) is 9.32. The van der Waals surface area contributed by atoms with Crippen molar-refractivity contribution in [3.8, 4) is 0 Å². The lowest BCUT2D eigenvalue weighted by molar-refractivity contribution is -0.118. The summed E-state index contributed by atoms with van der Waals surface area (Å²) in [7, 11) is 0. The van der Waals surface area contributed by atoms with Crippen molar-refractivity contribution in [2.45, 2.75) is 26.4 Å². The molecule has 0 bridgehead atoms. The first-order chi connectivity index (χ1) is 17.9. The van der Waals surface area contributed by atoms with Gasteiger partial charge in [-0.2, -0.15) is 0 Å². The van der Waals surface area contributed by atoms with Gasteiger partial charge in [0.05, 0.1) is 6.54 Å². The van der Waals surface area contributed by atoms with Crippen molar-refractivity contribution in [1.29, 1.82) is 0 Å². The average Bonchev–Trinajstić information content (AvgIpc) is 2.89. The zero-order chi connectivity index (χ0) is 26.2. The third kappa shape index (κ3) is 7.68. The highest BCUT2D eigenvalue weighted by molar-refractivity contribution is 5.93. The number of hydrogen-bond donors (Lipinski definition) is 1. The lowest BCUT2D eigenvalue weighted by Gasteiger charge is -2.27. The molecule has 6 nitrogen and oxygen atoms in total. The summed E-state index contributed by atoms with van der Waals surface area (Å²) >= 11 is 0. The largest absolute Gasteiger partial charge is 0.325 e. The number of nitrogens with one attached hydrogen (secondary N) is 1. The minimum atomic E-state index is -0.414. The normalized spacial score (nSPS) is 15.5. The number of fused-ring (bicyclic) bond motifs is 1. The fourth-order valence-corrected chi connectivity index (χ4v) is 4.63. The number of rotatable bonds is 5. The SMILES string of the molecule is CC(=O)N1CCCN(Cc2ccc(F)cc2)CCN(CC(=O)Nc2cccc(F)c2)Cc2ccccc21. The summed E-state index contributed by atoms with van der Waals surface area (Å²) in [6.07, 6.45) is 0.773. The first-order valence-electron chi connectivity index (χ1n) is 12.5. The first kappa shape index (κ1) is 26.4. The van der Waals surface area contributed by atoms with E-state index in [1.165, 1.54) is 24.3 Å². The molecule has 8 heteroatoms. The Morgan fingerprint density at radius 3 is 2.35 bits per heavy atom. The molecule has 194 valence electrons. The van der Waals surface area contributed by atoms with E-state index in [4.69, 9.17) is 0 Å². The van der Waals surface area contributed by atoms with Crippen molar-refractivity contribution in [2.24, 2.45) is 0 Å². The van der Waals surface area contributed by atoms with Crippen molar-refractivity contribution in [2.75, 3.05) is 42.9 Å². The monoisotopic (exact) mass is 506 g/mol. The topological polar surface area (TPSA) is 55.9 Å². The van der Waals surface area contributed by atoms with Crippen molar-refractivity contribution in [3.05, 3.63) is 95.6 Å². The Hall–Kier alpha value is -3.62.